The van der Waals surface area contributed by atoms with E-state index in [-0.39, 0.29) is 42.9 Å². The third kappa shape index (κ3) is 7.70. The quantitative estimate of drug-likeness (QED) is 0.250. The Morgan fingerprint density at radius 2 is 1.36 bits per heavy atom. The van der Waals surface area contributed by atoms with Crippen molar-refractivity contribution in [2.45, 2.75) is 25.5 Å². The van der Waals surface area contributed by atoms with Gasteiger partial charge in [-0.2, -0.15) is 0 Å². The summed E-state index contributed by atoms with van der Waals surface area (Å²) in [6.45, 7) is 3.62. The topological polar surface area (TPSA) is 130 Å². The Morgan fingerprint density at radius 1 is 0.718 bits per heavy atom. The molecule has 11 nitrogen and oxygen atoms in total. The molecule has 2 aliphatic heterocycles. The smallest absolute Gasteiger partial charge is 0.266 e. The summed E-state index contributed by atoms with van der Waals surface area (Å²) in [5.74, 6) is -2.02. The number of nitrogens with one attached hydrogen (secondary N) is 1. The van der Waals surface area contributed by atoms with Crippen molar-refractivity contribution < 1.29 is 42.9 Å². The van der Waals surface area contributed by atoms with Crippen LogP contribution in [-0.2, 0) is 35.1 Å². The van der Waals surface area contributed by atoms with Crippen LogP contribution in [0.3, 0.4) is 0 Å². The van der Waals surface area contributed by atoms with E-state index in [4.69, 9.17) is 23.7 Å². The van der Waals surface area contributed by atoms with Crippen LogP contribution in [-0.4, -0.2) is 87.4 Å². The molecule has 0 aliphatic carbocycles. The molecule has 208 valence electrons. The first kappa shape index (κ1) is 28.4. The summed E-state index contributed by atoms with van der Waals surface area (Å²) in [5, 5.41) is 2.18. The molecule has 0 aromatic heterocycles. The molecule has 1 unspecified atom stereocenters. The van der Waals surface area contributed by atoms with Crippen LogP contribution in [0.5, 0.6) is 5.75 Å². The number of amides is 4. The zero-order valence-electron chi connectivity index (χ0n) is 21.6. The minimum absolute atomic E-state index is 0.0609. The molecule has 0 radical (unpaired) electrons. The second-order valence-corrected chi connectivity index (χ2v) is 8.85. The fourth-order valence-corrected chi connectivity index (χ4v) is 4.24. The van der Waals surface area contributed by atoms with Crippen molar-refractivity contribution in [3.8, 4) is 5.75 Å². The highest BCUT2D eigenvalue weighted by molar-refractivity contribution is 6.24. The number of nitrogens with zero attached hydrogens (tertiary/aromatic N) is 1. The Morgan fingerprint density at radius 3 is 2.03 bits per heavy atom. The monoisotopic (exact) mass is 540 g/mol. The highest BCUT2D eigenvalue weighted by Crippen LogP contribution is 2.33. The molecule has 2 aliphatic rings. The molecule has 11 heteroatoms. The molecule has 0 saturated carbocycles. The molecule has 4 rings (SSSR count). The Labute approximate surface area is 226 Å². The van der Waals surface area contributed by atoms with Gasteiger partial charge in [0.15, 0.2) is 0 Å². The maximum atomic E-state index is 13.0. The highest BCUT2D eigenvalue weighted by atomic mass is 16.6. The number of rotatable bonds is 16. The van der Waals surface area contributed by atoms with E-state index in [0.29, 0.717) is 46.2 Å². The zero-order chi connectivity index (χ0) is 27.5. The number of carbonyl (C=O) groups excluding carboxylic acids is 4. The van der Waals surface area contributed by atoms with E-state index < -0.39 is 29.7 Å². The predicted molar refractivity (Wildman–Crippen MR) is 137 cm³/mol. The molecular formula is C28H32N2O9. The summed E-state index contributed by atoms with van der Waals surface area (Å²) in [6, 6.07) is 13.6. The first-order valence-corrected chi connectivity index (χ1v) is 12.9. The van der Waals surface area contributed by atoms with Gasteiger partial charge in [0.1, 0.15) is 18.4 Å². The van der Waals surface area contributed by atoms with Gasteiger partial charge in [-0.25, -0.2) is 0 Å². The number of hydrogen-bond donors (Lipinski definition) is 1. The minimum Gasteiger partial charge on any atom is -0.490 e. The number of piperidine rings is 1. The van der Waals surface area contributed by atoms with Gasteiger partial charge in [-0.3, -0.25) is 29.4 Å². The Kier molecular flexibility index (Phi) is 10.5. The molecular weight excluding hydrogens is 508 g/mol. The van der Waals surface area contributed by atoms with Gasteiger partial charge in [0.25, 0.3) is 11.8 Å². The Balaban J connectivity index is 1.07. The van der Waals surface area contributed by atoms with Gasteiger partial charge < -0.3 is 23.7 Å². The molecule has 0 bridgehead atoms. The van der Waals surface area contributed by atoms with Crippen LogP contribution < -0.4 is 10.1 Å². The first-order valence-electron chi connectivity index (χ1n) is 12.9. The van der Waals surface area contributed by atoms with Gasteiger partial charge in [0.2, 0.25) is 11.8 Å². The Bertz CT molecular complexity index is 1150. The van der Waals surface area contributed by atoms with Crippen molar-refractivity contribution in [3.05, 3.63) is 65.2 Å². The molecule has 1 saturated heterocycles. The summed E-state index contributed by atoms with van der Waals surface area (Å²) in [5.41, 5.74) is 1.40. The van der Waals surface area contributed by atoms with E-state index in [2.05, 4.69) is 5.32 Å². The van der Waals surface area contributed by atoms with Crippen molar-refractivity contribution in [2.75, 3.05) is 52.9 Å². The van der Waals surface area contributed by atoms with Gasteiger partial charge >= 0.3 is 0 Å². The van der Waals surface area contributed by atoms with Gasteiger partial charge in [-0.1, -0.05) is 36.4 Å². The fraction of sp³-hybridized carbons (Fsp3) is 0.429. The molecule has 2 heterocycles. The maximum Gasteiger partial charge on any atom is 0.266 e. The van der Waals surface area contributed by atoms with Crippen molar-refractivity contribution in [1.29, 1.82) is 0 Å². The van der Waals surface area contributed by atoms with E-state index in [1.807, 2.05) is 30.3 Å². The molecule has 39 heavy (non-hydrogen) atoms. The molecule has 2 aromatic carbocycles. The van der Waals surface area contributed by atoms with Gasteiger partial charge in [-0.05, 0) is 24.1 Å². The largest absolute Gasteiger partial charge is 0.490 e. The van der Waals surface area contributed by atoms with E-state index in [0.717, 1.165) is 10.5 Å². The van der Waals surface area contributed by atoms with E-state index in [9.17, 15) is 19.2 Å². The first-order chi connectivity index (χ1) is 19.1. The van der Waals surface area contributed by atoms with Crippen molar-refractivity contribution in [2.24, 2.45) is 0 Å². The molecule has 4 amide bonds. The van der Waals surface area contributed by atoms with Crippen LogP contribution in [0.15, 0.2) is 48.5 Å². The number of benzene rings is 2. The second-order valence-electron chi connectivity index (χ2n) is 8.85. The van der Waals surface area contributed by atoms with Crippen LogP contribution in [0.1, 0.15) is 39.1 Å². The van der Waals surface area contributed by atoms with Crippen molar-refractivity contribution >= 4 is 23.6 Å². The Hall–Kier alpha value is -3.64. The summed E-state index contributed by atoms with van der Waals surface area (Å²) in [7, 11) is 0. The van der Waals surface area contributed by atoms with Crippen LogP contribution in [0.4, 0.5) is 0 Å². The van der Waals surface area contributed by atoms with Gasteiger partial charge in [-0.15, -0.1) is 0 Å². The summed E-state index contributed by atoms with van der Waals surface area (Å²) in [4.78, 5) is 50.5. The lowest BCUT2D eigenvalue weighted by Crippen LogP contribution is -2.54. The van der Waals surface area contributed by atoms with E-state index in [1.165, 1.54) is 6.07 Å². The predicted octanol–water partition coefficient (Wildman–Crippen LogP) is 1.73. The van der Waals surface area contributed by atoms with E-state index >= 15 is 0 Å². The minimum atomic E-state index is -1.02. The van der Waals surface area contributed by atoms with E-state index in [1.54, 1.807) is 12.1 Å². The zero-order valence-corrected chi connectivity index (χ0v) is 21.6. The lowest BCUT2D eigenvalue weighted by molar-refractivity contribution is -0.136. The van der Waals surface area contributed by atoms with Crippen LogP contribution >= 0.6 is 0 Å². The third-order valence-electron chi connectivity index (χ3n) is 6.14. The normalized spacial score (nSPS) is 16.9. The number of hydrogen-bond acceptors (Lipinski definition) is 9. The van der Waals surface area contributed by atoms with Crippen LogP contribution in [0.2, 0.25) is 0 Å². The van der Waals surface area contributed by atoms with Crippen molar-refractivity contribution in [1.82, 2.24) is 10.2 Å². The lowest BCUT2D eigenvalue weighted by atomic mass is 10.0. The molecule has 1 atom stereocenters. The maximum absolute atomic E-state index is 13.0. The molecule has 1 N–H and O–H groups in total. The molecule has 1 fully saturated rings. The van der Waals surface area contributed by atoms with Gasteiger partial charge in [0, 0.05) is 6.42 Å². The van der Waals surface area contributed by atoms with Gasteiger partial charge in [0.05, 0.1) is 64.0 Å². The number of ether oxygens (including phenoxy) is 5. The van der Waals surface area contributed by atoms with Crippen LogP contribution in [0.25, 0.3) is 0 Å². The standard InChI is InChI=1S/C28H32N2O9/c31-24-10-9-22(26(32)29-24)30-27(33)21-7-4-8-23(25(21)28(30)34)39-18-17-37-14-13-35-11-12-36-15-16-38-19-20-5-2-1-3-6-20/h1-8,22H,9-19H2,(H,29,31,32). The number of imide groups is 2. The molecule has 0 spiro atoms. The van der Waals surface area contributed by atoms with Crippen molar-refractivity contribution in [3.63, 3.8) is 0 Å². The summed E-state index contributed by atoms with van der Waals surface area (Å²) in [6.07, 6.45) is 0.156. The summed E-state index contributed by atoms with van der Waals surface area (Å²) >= 11 is 0. The third-order valence-corrected chi connectivity index (χ3v) is 6.14. The average Bonchev–Trinajstić information content (AvgIpc) is 3.19. The highest BCUT2D eigenvalue weighted by Gasteiger charge is 2.45. The van der Waals surface area contributed by atoms with Crippen LogP contribution in [0, 0.1) is 0 Å². The molecule has 2 aromatic rings. The SMILES string of the molecule is O=C1CCC(N2C(=O)c3cccc(OCCOCCOCCOCCOCc4ccccc4)c3C2=O)C(=O)N1. The lowest BCUT2D eigenvalue weighted by Gasteiger charge is -2.27. The number of fused-ring (bicyclic) bond motifs is 1. The summed E-state index contributed by atoms with van der Waals surface area (Å²) < 4.78 is 27.7. The fourth-order valence-electron chi connectivity index (χ4n) is 4.24. The second kappa shape index (κ2) is 14.5. The average molecular weight is 541 g/mol. The number of carbonyl (C=O) groups is 4.